The molecule has 0 spiro atoms. The lowest BCUT2D eigenvalue weighted by Crippen LogP contribution is -2.17. The smallest absolute Gasteiger partial charge is 0.437 e. The lowest BCUT2D eigenvalue weighted by molar-refractivity contribution is 0.0472. The van der Waals surface area contributed by atoms with Gasteiger partial charge in [0.05, 0.1) is 7.11 Å². The van der Waals surface area contributed by atoms with Crippen LogP contribution in [0.1, 0.15) is 0 Å². The Kier molecular flexibility index (Phi) is 4.83. The van der Waals surface area contributed by atoms with Crippen molar-refractivity contribution in [2.75, 3.05) is 20.3 Å². The molecule has 6 nitrogen and oxygen atoms in total. The van der Waals surface area contributed by atoms with Gasteiger partial charge in [0.25, 0.3) is 0 Å². The van der Waals surface area contributed by atoms with Crippen molar-refractivity contribution in [1.29, 1.82) is 0 Å². The molecule has 0 unspecified atom stereocenters. The quantitative estimate of drug-likeness (QED) is 0.450. The Morgan fingerprint density at radius 3 is 2.45 bits per heavy atom. The maximum Gasteiger partial charge on any atom is 0.518 e. The number of rotatable bonds is 2. The highest BCUT2D eigenvalue weighted by Crippen LogP contribution is 1.87. The van der Waals surface area contributed by atoms with Crippen LogP contribution in [-0.4, -0.2) is 32.6 Å². The largest absolute Gasteiger partial charge is 0.518 e. The molecular weight excluding hydrogens is 154 g/mol. The van der Waals surface area contributed by atoms with Gasteiger partial charge in [-0.2, -0.15) is 0 Å². The van der Waals surface area contributed by atoms with E-state index in [1.165, 1.54) is 0 Å². The molecule has 0 amide bonds. The highest BCUT2D eigenvalue weighted by Gasteiger charge is 2.09. The van der Waals surface area contributed by atoms with E-state index in [0.29, 0.717) is 0 Å². The Labute approximate surface area is 63.2 Å². The molecule has 0 rings (SSSR count). The van der Waals surface area contributed by atoms with Gasteiger partial charge >= 0.3 is 12.3 Å². The molecule has 0 aromatic rings. The minimum Gasteiger partial charge on any atom is -0.437 e. The summed E-state index contributed by atoms with van der Waals surface area (Å²) in [6.45, 7) is 0.187. The van der Waals surface area contributed by atoms with Crippen LogP contribution in [0.25, 0.3) is 0 Å². The molecule has 0 aliphatic rings. The molecule has 64 valence electrons. The average Bonchev–Trinajstić information content (AvgIpc) is 2.00. The maximum atomic E-state index is 10.4. The van der Waals surface area contributed by atoms with Gasteiger partial charge < -0.3 is 19.9 Å². The monoisotopic (exact) mass is 163 g/mol. The Morgan fingerprint density at radius 1 is 1.36 bits per heavy atom. The van der Waals surface area contributed by atoms with E-state index in [1.807, 2.05) is 0 Å². The van der Waals surface area contributed by atoms with Crippen LogP contribution >= 0.6 is 0 Å². The van der Waals surface area contributed by atoms with Crippen molar-refractivity contribution in [3.63, 3.8) is 0 Å². The van der Waals surface area contributed by atoms with E-state index in [2.05, 4.69) is 14.2 Å². The Bertz CT molecular complexity index is 146. The number of hydrogen-bond acceptors (Lipinski definition) is 6. The zero-order valence-corrected chi connectivity index (χ0v) is 6.03. The molecular formula is C5H9NO5. The lowest BCUT2D eigenvalue weighted by Gasteiger charge is -2.00. The van der Waals surface area contributed by atoms with Crippen LogP contribution < -0.4 is 5.73 Å². The summed E-state index contributed by atoms with van der Waals surface area (Å²) in [7, 11) is 1.08. The summed E-state index contributed by atoms with van der Waals surface area (Å²) >= 11 is 0. The zero-order chi connectivity index (χ0) is 8.69. The molecule has 0 saturated carbocycles. The molecule has 0 radical (unpaired) electrons. The van der Waals surface area contributed by atoms with Crippen LogP contribution in [0.15, 0.2) is 0 Å². The van der Waals surface area contributed by atoms with Gasteiger partial charge in [-0.3, -0.25) is 0 Å². The van der Waals surface area contributed by atoms with Gasteiger partial charge in [0.2, 0.25) is 0 Å². The Hall–Kier alpha value is -1.30. The highest BCUT2D eigenvalue weighted by molar-refractivity contribution is 5.76. The highest BCUT2D eigenvalue weighted by atomic mass is 16.8. The SMILES string of the molecule is COC(=O)OC(=O)OCCN. The standard InChI is InChI=1S/C5H9NO5/c1-9-4(7)11-5(8)10-3-2-6/h2-3,6H2,1H3. The molecule has 0 bridgehead atoms. The van der Waals surface area contributed by atoms with E-state index in [1.54, 1.807) is 0 Å². The molecule has 0 saturated heterocycles. The predicted octanol–water partition coefficient (Wildman–Crippen LogP) is -0.135. The summed E-state index contributed by atoms with van der Waals surface area (Å²) in [6, 6.07) is 0. The number of carbonyl (C=O) groups excluding carboxylic acids is 2. The topological polar surface area (TPSA) is 87.8 Å². The average molecular weight is 163 g/mol. The minimum atomic E-state index is -1.11. The molecule has 0 aromatic carbocycles. The summed E-state index contributed by atoms with van der Waals surface area (Å²) in [5.74, 6) is 0. The number of carbonyl (C=O) groups is 2. The Balaban J connectivity index is 3.44. The second-order valence-electron chi connectivity index (χ2n) is 1.44. The van der Waals surface area contributed by atoms with Gasteiger partial charge in [0, 0.05) is 6.54 Å². The van der Waals surface area contributed by atoms with Crippen molar-refractivity contribution >= 4 is 12.3 Å². The van der Waals surface area contributed by atoms with E-state index < -0.39 is 12.3 Å². The van der Waals surface area contributed by atoms with E-state index in [4.69, 9.17) is 5.73 Å². The zero-order valence-electron chi connectivity index (χ0n) is 6.03. The second kappa shape index (κ2) is 5.48. The van der Waals surface area contributed by atoms with Crippen molar-refractivity contribution in [3.05, 3.63) is 0 Å². The van der Waals surface area contributed by atoms with Gasteiger partial charge in [-0.1, -0.05) is 0 Å². The molecule has 0 aliphatic heterocycles. The molecule has 0 aromatic heterocycles. The summed E-state index contributed by atoms with van der Waals surface area (Å²) in [4.78, 5) is 20.6. The van der Waals surface area contributed by atoms with Crippen molar-refractivity contribution in [2.24, 2.45) is 5.73 Å². The number of nitrogens with two attached hydrogens (primary N) is 1. The first-order chi connectivity index (χ1) is 5.20. The van der Waals surface area contributed by atoms with Crippen molar-refractivity contribution in [3.8, 4) is 0 Å². The lowest BCUT2D eigenvalue weighted by atomic mass is 10.7. The van der Waals surface area contributed by atoms with Gasteiger partial charge in [0.15, 0.2) is 0 Å². The van der Waals surface area contributed by atoms with E-state index in [0.717, 1.165) is 7.11 Å². The summed E-state index contributed by atoms with van der Waals surface area (Å²) in [5.41, 5.74) is 4.99. The molecule has 6 heteroatoms. The number of ether oxygens (including phenoxy) is 3. The third kappa shape index (κ3) is 5.16. The van der Waals surface area contributed by atoms with E-state index in [-0.39, 0.29) is 13.2 Å². The van der Waals surface area contributed by atoms with Gasteiger partial charge in [-0.05, 0) is 0 Å². The first-order valence-electron chi connectivity index (χ1n) is 2.83. The molecule has 0 aliphatic carbocycles. The van der Waals surface area contributed by atoms with Gasteiger partial charge in [-0.15, -0.1) is 0 Å². The van der Waals surface area contributed by atoms with Gasteiger partial charge in [-0.25, -0.2) is 9.59 Å². The number of methoxy groups -OCH3 is 1. The van der Waals surface area contributed by atoms with Gasteiger partial charge in [0.1, 0.15) is 6.61 Å². The molecule has 11 heavy (non-hydrogen) atoms. The molecule has 0 heterocycles. The van der Waals surface area contributed by atoms with Crippen LogP contribution in [0.3, 0.4) is 0 Å². The Morgan fingerprint density at radius 2 is 2.00 bits per heavy atom. The summed E-state index contributed by atoms with van der Waals surface area (Å²) < 4.78 is 12.2. The fourth-order valence-corrected chi connectivity index (χ4v) is 0.281. The molecule has 0 fully saturated rings. The maximum absolute atomic E-state index is 10.4. The van der Waals surface area contributed by atoms with E-state index >= 15 is 0 Å². The minimum absolute atomic E-state index is 0.00975. The summed E-state index contributed by atoms with van der Waals surface area (Å²) in [5, 5.41) is 0. The van der Waals surface area contributed by atoms with Crippen LogP contribution in [0.4, 0.5) is 9.59 Å². The van der Waals surface area contributed by atoms with Crippen LogP contribution in [0.5, 0.6) is 0 Å². The van der Waals surface area contributed by atoms with Crippen LogP contribution in [0.2, 0.25) is 0 Å². The molecule has 0 atom stereocenters. The van der Waals surface area contributed by atoms with Crippen molar-refractivity contribution in [1.82, 2.24) is 0 Å². The third-order valence-electron chi connectivity index (χ3n) is 0.671. The second-order valence-corrected chi connectivity index (χ2v) is 1.44. The first kappa shape index (κ1) is 9.70. The fraction of sp³-hybridized carbons (Fsp3) is 0.600. The fourth-order valence-electron chi connectivity index (χ4n) is 0.281. The predicted molar refractivity (Wildman–Crippen MR) is 33.9 cm³/mol. The normalized spacial score (nSPS) is 8.55. The number of hydrogen-bond donors (Lipinski definition) is 1. The van der Waals surface area contributed by atoms with Crippen molar-refractivity contribution < 1.29 is 23.8 Å². The van der Waals surface area contributed by atoms with Crippen LogP contribution in [0, 0.1) is 0 Å². The van der Waals surface area contributed by atoms with Crippen LogP contribution in [-0.2, 0) is 14.2 Å². The third-order valence-corrected chi connectivity index (χ3v) is 0.671. The van der Waals surface area contributed by atoms with E-state index in [9.17, 15) is 9.59 Å². The molecule has 2 N–H and O–H groups in total. The van der Waals surface area contributed by atoms with Crippen molar-refractivity contribution in [2.45, 2.75) is 0 Å². The summed E-state index contributed by atoms with van der Waals surface area (Å²) in [6.07, 6.45) is -2.21. The first-order valence-corrected chi connectivity index (χ1v) is 2.83.